The molecule has 0 N–H and O–H groups in total. The molecule has 0 unspecified atom stereocenters. The molecule has 0 amide bonds. The second kappa shape index (κ2) is 49.3. The summed E-state index contributed by atoms with van der Waals surface area (Å²) in [5, 5.41) is 4.76. The summed E-state index contributed by atoms with van der Waals surface area (Å²) in [4.78, 5) is 35.2. The molecule has 0 aromatic rings. The van der Waals surface area contributed by atoms with Crippen molar-refractivity contribution in [2.24, 2.45) is 5.92 Å². The monoisotopic (exact) mass is 807 g/mol. The molecule has 0 rings (SSSR count). The molecule has 340 valence electrons. The highest BCUT2D eigenvalue weighted by Crippen LogP contribution is 2.22. The summed E-state index contributed by atoms with van der Waals surface area (Å²) < 4.78 is 0. The maximum atomic E-state index is 13.0. The van der Waals surface area contributed by atoms with Crippen molar-refractivity contribution in [3.8, 4) is 0 Å². The van der Waals surface area contributed by atoms with Crippen LogP contribution >= 0.6 is 0 Å². The molecule has 0 aliphatic carbocycles. The molecule has 0 atom stereocenters. The Hall–Kier alpha value is -1.10. The van der Waals surface area contributed by atoms with Crippen LogP contribution in [0.5, 0.6) is 0 Å². The molecular formula is C52H102O5. The Morgan fingerprint density at radius 2 is 0.526 bits per heavy atom. The summed E-state index contributed by atoms with van der Waals surface area (Å²) in [6, 6.07) is 0. The van der Waals surface area contributed by atoms with E-state index in [0.717, 1.165) is 57.8 Å². The summed E-state index contributed by atoms with van der Waals surface area (Å²) >= 11 is 0. The molecule has 0 spiro atoms. The normalized spacial score (nSPS) is 11.5. The SMILES string of the molecule is CCCCCCCCCCCCCCCCCC(=O)OOOC(=O)C(CCCCCCCCCCCCCCCC)CCCCCCCCCCCCCCCC. The zero-order valence-electron chi connectivity index (χ0n) is 39.1. The third kappa shape index (κ3) is 45.8. The van der Waals surface area contributed by atoms with Gasteiger partial charge >= 0.3 is 11.9 Å². The fourth-order valence-corrected chi connectivity index (χ4v) is 8.39. The Morgan fingerprint density at radius 1 is 0.298 bits per heavy atom. The highest BCUT2D eigenvalue weighted by molar-refractivity contribution is 5.72. The molecular weight excluding hydrogens is 705 g/mol. The smallest absolute Gasteiger partial charge is 0.260 e. The molecule has 0 aliphatic rings. The molecule has 0 heterocycles. The minimum atomic E-state index is -0.451. The van der Waals surface area contributed by atoms with E-state index in [9.17, 15) is 9.59 Å². The van der Waals surface area contributed by atoms with Gasteiger partial charge in [-0.2, -0.15) is 0 Å². The average molecular weight is 807 g/mol. The maximum absolute atomic E-state index is 13.0. The van der Waals surface area contributed by atoms with Crippen LogP contribution in [0.2, 0.25) is 0 Å². The second-order valence-corrected chi connectivity index (χ2v) is 18.1. The van der Waals surface area contributed by atoms with Gasteiger partial charge in [-0.3, -0.25) is 9.78 Å². The molecule has 0 saturated carbocycles. The van der Waals surface area contributed by atoms with Crippen LogP contribution in [0, 0.1) is 5.92 Å². The minimum absolute atomic E-state index is 0.186. The first-order valence-corrected chi connectivity index (χ1v) is 26.2. The van der Waals surface area contributed by atoms with E-state index in [1.165, 1.54) is 231 Å². The third-order valence-electron chi connectivity index (χ3n) is 12.4. The van der Waals surface area contributed by atoms with E-state index in [1.54, 1.807) is 0 Å². The highest BCUT2D eigenvalue weighted by Gasteiger charge is 2.22. The van der Waals surface area contributed by atoms with Gasteiger partial charge in [0.25, 0.3) is 0 Å². The van der Waals surface area contributed by atoms with Gasteiger partial charge in [0.05, 0.1) is 5.92 Å². The van der Waals surface area contributed by atoms with Gasteiger partial charge in [-0.05, 0) is 19.3 Å². The van der Waals surface area contributed by atoms with Gasteiger partial charge in [0.1, 0.15) is 0 Å². The van der Waals surface area contributed by atoms with Gasteiger partial charge < -0.3 is 0 Å². The predicted octanol–water partition coefficient (Wildman–Crippen LogP) is 18.5. The highest BCUT2D eigenvalue weighted by atomic mass is 17.5. The van der Waals surface area contributed by atoms with E-state index < -0.39 is 5.97 Å². The first-order chi connectivity index (χ1) is 28.2. The van der Waals surface area contributed by atoms with Crippen molar-refractivity contribution in [1.29, 1.82) is 0 Å². The number of rotatable bonds is 49. The van der Waals surface area contributed by atoms with Crippen molar-refractivity contribution in [3.63, 3.8) is 0 Å². The van der Waals surface area contributed by atoms with E-state index >= 15 is 0 Å². The molecule has 0 bridgehead atoms. The van der Waals surface area contributed by atoms with E-state index in [1.807, 2.05) is 0 Å². The van der Waals surface area contributed by atoms with Crippen LogP contribution in [0.15, 0.2) is 0 Å². The number of hydrogen-bond acceptors (Lipinski definition) is 5. The van der Waals surface area contributed by atoms with Gasteiger partial charge in [-0.1, -0.05) is 290 Å². The zero-order valence-corrected chi connectivity index (χ0v) is 39.1. The molecule has 0 aromatic heterocycles. The topological polar surface area (TPSA) is 61.8 Å². The molecule has 0 aromatic carbocycles. The number of hydrogen-bond donors (Lipinski definition) is 0. The van der Waals surface area contributed by atoms with Gasteiger partial charge in [-0.15, -0.1) is 0 Å². The van der Waals surface area contributed by atoms with Crippen molar-refractivity contribution in [1.82, 2.24) is 0 Å². The van der Waals surface area contributed by atoms with Crippen LogP contribution in [0.25, 0.3) is 0 Å². The maximum Gasteiger partial charge on any atom is 0.349 e. The van der Waals surface area contributed by atoms with E-state index in [4.69, 9.17) is 14.8 Å². The summed E-state index contributed by atoms with van der Waals surface area (Å²) in [7, 11) is 0. The van der Waals surface area contributed by atoms with Crippen LogP contribution in [0.1, 0.15) is 316 Å². The number of carbonyl (C=O) groups excluding carboxylic acids is 2. The number of carbonyl (C=O) groups is 2. The number of unbranched alkanes of at least 4 members (excludes halogenated alkanes) is 40. The third-order valence-corrected chi connectivity index (χ3v) is 12.4. The second-order valence-electron chi connectivity index (χ2n) is 18.1. The summed E-state index contributed by atoms with van der Waals surface area (Å²) in [6.07, 6.45) is 58.4. The Labute approximate surface area is 357 Å². The zero-order chi connectivity index (χ0) is 41.4. The first kappa shape index (κ1) is 55.9. The quantitative estimate of drug-likeness (QED) is 0.0348. The van der Waals surface area contributed by atoms with E-state index in [-0.39, 0.29) is 11.9 Å². The van der Waals surface area contributed by atoms with Crippen molar-refractivity contribution in [3.05, 3.63) is 0 Å². The lowest BCUT2D eigenvalue weighted by atomic mass is 9.94. The fourth-order valence-electron chi connectivity index (χ4n) is 8.39. The molecule has 5 heteroatoms. The van der Waals surface area contributed by atoms with Crippen molar-refractivity contribution in [2.45, 2.75) is 316 Å². The Balaban J connectivity index is 4.15. The van der Waals surface area contributed by atoms with Crippen LogP contribution in [0.3, 0.4) is 0 Å². The van der Waals surface area contributed by atoms with Crippen LogP contribution in [0.4, 0.5) is 0 Å². The molecule has 0 radical (unpaired) electrons. The van der Waals surface area contributed by atoms with E-state index in [2.05, 4.69) is 20.8 Å². The predicted molar refractivity (Wildman–Crippen MR) is 246 cm³/mol. The van der Waals surface area contributed by atoms with Gasteiger partial charge in [0.15, 0.2) is 0 Å². The summed E-state index contributed by atoms with van der Waals surface area (Å²) in [5.74, 6) is -1.01. The summed E-state index contributed by atoms with van der Waals surface area (Å²) in [5.41, 5.74) is 0. The fraction of sp³-hybridized carbons (Fsp3) is 0.962. The lowest BCUT2D eigenvalue weighted by Crippen LogP contribution is -2.19. The lowest BCUT2D eigenvalue weighted by Gasteiger charge is -2.14. The van der Waals surface area contributed by atoms with E-state index in [0.29, 0.717) is 6.42 Å². The summed E-state index contributed by atoms with van der Waals surface area (Å²) in [6.45, 7) is 6.85. The van der Waals surface area contributed by atoms with Gasteiger partial charge in [0, 0.05) is 11.5 Å². The van der Waals surface area contributed by atoms with Crippen LogP contribution in [-0.4, -0.2) is 11.9 Å². The lowest BCUT2D eigenvalue weighted by molar-refractivity contribution is -0.460. The standard InChI is InChI=1S/C52H102O5/c1-4-7-10-13-16-19-22-25-28-31-34-37-40-43-46-49-51(53)55-57-56-52(54)50(47-44-41-38-35-32-29-26-23-20-17-14-11-8-5-2)48-45-42-39-36-33-30-27-24-21-18-15-12-9-6-3/h50H,4-49H2,1-3H3. The van der Waals surface area contributed by atoms with Crippen molar-refractivity contribution in [2.75, 3.05) is 0 Å². The van der Waals surface area contributed by atoms with Crippen LogP contribution < -0.4 is 0 Å². The molecule has 0 aliphatic heterocycles. The van der Waals surface area contributed by atoms with Crippen molar-refractivity contribution >= 4 is 11.9 Å². The molecule has 0 saturated heterocycles. The average Bonchev–Trinajstić information content (AvgIpc) is 3.21. The van der Waals surface area contributed by atoms with Gasteiger partial charge in [-0.25, -0.2) is 9.59 Å². The molecule has 57 heavy (non-hydrogen) atoms. The molecule has 5 nitrogen and oxygen atoms in total. The Bertz CT molecular complexity index is 752. The van der Waals surface area contributed by atoms with Gasteiger partial charge in [0.2, 0.25) is 0 Å². The first-order valence-electron chi connectivity index (χ1n) is 26.2. The minimum Gasteiger partial charge on any atom is -0.260 e. The Morgan fingerprint density at radius 3 is 0.789 bits per heavy atom. The van der Waals surface area contributed by atoms with Crippen molar-refractivity contribution < 1.29 is 24.4 Å². The van der Waals surface area contributed by atoms with Crippen LogP contribution in [-0.2, 0) is 24.4 Å². The largest absolute Gasteiger partial charge is 0.349 e. The molecule has 0 fully saturated rings. The Kier molecular flexibility index (Phi) is 48.3.